The highest BCUT2D eigenvalue weighted by Crippen LogP contribution is 2.23. The molecule has 0 aromatic heterocycles. The number of carbonyl (C=O) groups excluding carboxylic acids is 1. The highest BCUT2D eigenvalue weighted by atomic mass is 16.4. The van der Waals surface area contributed by atoms with E-state index in [1.807, 2.05) is 19.1 Å². The molecule has 0 bridgehead atoms. The van der Waals surface area contributed by atoms with Gasteiger partial charge in [-0.05, 0) is 18.1 Å². The van der Waals surface area contributed by atoms with E-state index in [1.165, 1.54) is 7.05 Å². The van der Waals surface area contributed by atoms with Crippen LogP contribution < -0.4 is 5.32 Å². The van der Waals surface area contributed by atoms with Crippen LogP contribution in [0.2, 0.25) is 0 Å². The van der Waals surface area contributed by atoms with Crippen molar-refractivity contribution in [3.8, 4) is 0 Å². The molecule has 1 atom stereocenters. The number of nitrogens with one attached hydrogen (secondary N) is 1. The first kappa shape index (κ1) is 12.2. The van der Waals surface area contributed by atoms with Gasteiger partial charge >= 0.3 is 5.97 Å². The SMILES string of the molecule is CNC(=O)CC(C(=O)O)c1ccccc1C. The lowest BCUT2D eigenvalue weighted by Crippen LogP contribution is -2.24. The first-order valence-electron chi connectivity index (χ1n) is 5.05. The van der Waals surface area contributed by atoms with Crippen molar-refractivity contribution in [2.24, 2.45) is 0 Å². The molecule has 0 fully saturated rings. The first-order valence-corrected chi connectivity index (χ1v) is 5.05. The van der Waals surface area contributed by atoms with Crippen molar-refractivity contribution in [1.29, 1.82) is 0 Å². The topological polar surface area (TPSA) is 66.4 Å². The van der Waals surface area contributed by atoms with Crippen LogP contribution in [0.4, 0.5) is 0 Å². The van der Waals surface area contributed by atoms with Crippen LogP contribution in [-0.2, 0) is 9.59 Å². The summed E-state index contributed by atoms with van der Waals surface area (Å²) in [6, 6.07) is 7.21. The summed E-state index contributed by atoms with van der Waals surface area (Å²) in [6.45, 7) is 1.84. The van der Waals surface area contributed by atoms with Gasteiger partial charge in [0, 0.05) is 13.5 Å². The van der Waals surface area contributed by atoms with Crippen molar-refractivity contribution in [2.75, 3.05) is 7.05 Å². The molecule has 0 saturated carbocycles. The van der Waals surface area contributed by atoms with E-state index in [2.05, 4.69) is 5.32 Å². The van der Waals surface area contributed by atoms with Gasteiger partial charge in [0.25, 0.3) is 0 Å². The highest BCUT2D eigenvalue weighted by Gasteiger charge is 2.23. The Hall–Kier alpha value is -1.84. The quantitative estimate of drug-likeness (QED) is 0.805. The normalized spacial score (nSPS) is 11.9. The van der Waals surface area contributed by atoms with Gasteiger partial charge in [-0.3, -0.25) is 9.59 Å². The summed E-state index contributed by atoms with van der Waals surface area (Å²) >= 11 is 0. The van der Waals surface area contributed by atoms with Gasteiger partial charge in [0.05, 0.1) is 5.92 Å². The molecule has 0 saturated heterocycles. The monoisotopic (exact) mass is 221 g/mol. The van der Waals surface area contributed by atoms with Crippen molar-refractivity contribution in [3.05, 3.63) is 35.4 Å². The lowest BCUT2D eigenvalue weighted by atomic mass is 9.92. The fourth-order valence-electron chi connectivity index (χ4n) is 1.60. The van der Waals surface area contributed by atoms with Crippen molar-refractivity contribution in [3.63, 3.8) is 0 Å². The third kappa shape index (κ3) is 2.82. The second kappa shape index (κ2) is 5.30. The van der Waals surface area contributed by atoms with E-state index in [0.29, 0.717) is 5.56 Å². The second-order valence-corrected chi connectivity index (χ2v) is 3.62. The molecule has 2 N–H and O–H groups in total. The zero-order valence-corrected chi connectivity index (χ0v) is 9.36. The fourth-order valence-corrected chi connectivity index (χ4v) is 1.60. The molecule has 86 valence electrons. The van der Waals surface area contributed by atoms with Gasteiger partial charge in [-0.25, -0.2) is 0 Å². The molecule has 0 spiro atoms. The molecule has 16 heavy (non-hydrogen) atoms. The van der Waals surface area contributed by atoms with E-state index in [-0.39, 0.29) is 12.3 Å². The predicted molar refractivity (Wildman–Crippen MR) is 60.2 cm³/mol. The molecule has 1 amide bonds. The Balaban J connectivity index is 2.99. The summed E-state index contributed by atoms with van der Waals surface area (Å²) in [5, 5.41) is 11.6. The molecule has 0 aliphatic carbocycles. The van der Waals surface area contributed by atoms with Gasteiger partial charge in [-0.15, -0.1) is 0 Å². The van der Waals surface area contributed by atoms with Crippen LogP contribution in [0.3, 0.4) is 0 Å². The zero-order chi connectivity index (χ0) is 12.1. The number of aryl methyl sites for hydroxylation is 1. The smallest absolute Gasteiger partial charge is 0.311 e. The van der Waals surface area contributed by atoms with Crippen LogP contribution in [-0.4, -0.2) is 24.0 Å². The zero-order valence-electron chi connectivity index (χ0n) is 9.36. The summed E-state index contributed by atoms with van der Waals surface area (Å²) in [5.74, 6) is -2.02. The Bertz CT molecular complexity index is 401. The lowest BCUT2D eigenvalue weighted by molar-refractivity contribution is -0.140. The van der Waals surface area contributed by atoms with Crippen LogP contribution in [0.1, 0.15) is 23.5 Å². The van der Waals surface area contributed by atoms with Crippen LogP contribution in [0.25, 0.3) is 0 Å². The molecule has 0 radical (unpaired) electrons. The average Bonchev–Trinajstić information content (AvgIpc) is 2.26. The van der Waals surface area contributed by atoms with Crippen molar-refractivity contribution >= 4 is 11.9 Å². The minimum absolute atomic E-state index is 0.0311. The molecule has 1 unspecified atom stereocenters. The molecule has 1 rings (SSSR count). The van der Waals surface area contributed by atoms with Crippen LogP contribution in [0.5, 0.6) is 0 Å². The fraction of sp³-hybridized carbons (Fsp3) is 0.333. The van der Waals surface area contributed by atoms with Crippen LogP contribution in [0, 0.1) is 6.92 Å². The molecule has 1 aromatic rings. The number of hydrogen-bond acceptors (Lipinski definition) is 2. The summed E-state index contributed by atoms with van der Waals surface area (Å²) in [7, 11) is 1.50. The first-order chi connectivity index (χ1) is 7.56. The number of amides is 1. The minimum Gasteiger partial charge on any atom is -0.481 e. The highest BCUT2D eigenvalue weighted by molar-refractivity contribution is 5.85. The maximum atomic E-state index is 11.2. The maximum absolute atomic E-state index is 11.2. The van der Waals surface area contributed by atoms with E-state index < -0.39 is 11.9 Å². The number of hydrogen-bond donors (Lipinski definition) is 2. The van der Waals surface area contributed by atoms with Gasteiger partial charge < -0.3 is 10.4 Å². The molecule has 4 heteroatoms. The van der Waals surface area contributed by atoms with Crippen molar-refractivity contribution in [1.82, 2.24) is 5.32 Å². The van der Waals surface area contributed by atoms with E-state index in [1.54, 1.807) is 12.1 Å². The second-order valence-electron chi connectivity index (χ2n) is 3.62. The van der Waals surface area contributed by atoms with Gasteiger partial charge in [-0.2, -0.15) is 0 Å². The number of benzene rings is 1. The molecule has 0 aliphatic heterocycles. The Morgan fingerprint density at radius 1 is 1.38 bits per heavy atom. The summed E-state index contributed by atoms with van der Waals surface area (Å²) in [6.07, 6.45) is -0.0311. The number of carboxylic acid groups (broad SMARTS) is 1. The maximum Gasteiger partial charge on any atom is 0.311 e. The van der Waals surface area contributed by atoms with Gasteiger partial charge in [0.15, 0.2) is 0 Å². The van der Waals surface area contributed by atoms with Crippen LogP contribution >= 0.6 is 0 Å². The molecule has 0 heterocycles. The molecule has 4 nitrogen and oxygen atoms in total. The molecule has 0 aliphatic rings. The average molecular weight is 221 g/mol. The minimum atomic E-state index is -0.974. The van der Waals surface area contributed by atoms with Gasteiger partial charge in [0.1, 0.15) is 0 Å². The van der Waals surface area contributed by atoms with E-state index in [9.17, 15) is 9.59 Å². The Morgan fingerprint density at radius 2 is 2.00 bits per heavy atom. The molecule has 1 aromatic carbocycles. The molecular formula is C12H15NO3. The van der Waals surface area contributed by atoms with E-state index in [4.69, 9.17) is 5.11 Å². The van der Waals surface area contributed by atoms with Crippen molar-refractivity contribution < 1.29 is 14.7 Å². The third-order valence-electron chi connectivity index (χ3n) is 2.53. The van der Waals surface area contributed by atoms with E-state index in [0.717, 1.165) is 5.56 Å². The Morgan fingerprint density at radius 3 is 2.50 bits per heavy atom. The van der Waals surface area contributed by atoms with E-state index >= 15 is 0 Å². The number of carbonyl (C=O) groups is 2. The van der Waals surface area contributed by atoms with Gasteiger partial charge in [0.2, 0.25) is 5.91 Å². The lowest BCUT2D eigenvalue weighted by Gasteiger charge is -2.14. The summed E-state index contributed by atoms with van der Waals surface area (Å²) in [4.78, 5) is 22.4. The largest absolute Gasteiger partial charge is 0.481 e. The van der Waals surface area contributed by atoms with Crippen molar-refractivity contribution in [2.45, 2.75) is 19.3 Å². The number of carboxylic acids is 1. The third-order valence-corrected chi connectivity index (χ3v) is 2.53. The summed E-state index contributed by atoms with van der Waals surface area (Å²) in [5.41, 5.74) is 1.58. The Labute approximate surface area is 94.3 Å². The van der Waals surface area contributed by atoms with Crippen LogP contribution in [0.15, 0.2) is 24.3 Å². The van der Waals surface area contributed by atoms with Gasteiger partial charge in [-0.1, -0.05) is 24.3 Å². The predicted octanol–water partition coefficient (Wildman–Crippen LogP) is 1.30. The molecular weight excluding hydrogens is 206 g/mol. The number of aliphatic carboxylic acids is 1. The standard InChI is InChI=1S/C12H15NO3/c1-8-5-3-4-6-9(8)10(12(15)16)7-11(14)13-2/h3-6,10H,7H2,1-2H3,(H,13,14)(H,15,16). The number of rotatable bonds is 4. The Kier molecular flexibility index (Phi) is 4.05. The summed E-state index contributed by atoms with van der Waals surface area (Å²) < 4.78 is 0.